The van der Waals surface area contributed by atoms with Crippen molar-refractivity contribution in [1.82, 2.24) is 10.6 Å². The summed E-state index contributed by atoms with van der Waals surface area (Å²) in [5, 5.41) is 7.46. The van der Waals surface area contributed by atoms with E-state index in [1.54, 1.807) is 6.07 Å². The Balaban J connectivity index is 1.90. The second-order valence-electron chi connectivity index (χ2n) is 6.64. The first-order valence-corrected chi connectivity index (χ1v) is 10.5. The molecule has 0 radical (unpaired) electrons. The van der Waals surface area contributed by atoms with Crippen LogP contribution in [0.4, 0.5) is 13.2 Å². The van der Waals surface area contributed by atoms with Crippen LogP contribution in [0.5, 0.6) is 0 Å². The maximum Gasteiger partial charge on any atom is 0.411 e. The van der Waals surface area contributed by atoms with Crippen LogP contribution in [0.25, 0.3) is 0 Å². The topological polar surface area (TPSA) is 45.7 Å². The van der Waals surface area contributed by atoms with E-state index < -0.39 is 12.8 Å². The van der Waals surface area contributed by atoms with Crippen molar-refractivity contribution in [2.24, 2.45) is 4.99 Å². The number of nitrogens with zero attached hydrogens (tertiary/aromatic N) is 1. The normalized spacial score (nSPS) is 20.7. The van der Waals surface area contributed by atoms with E-state index in [1.165, 1.54) is 6.42 Å². The summed E-state index contributed by atoms with van der Waals surface area (Å²) in [5.74, 6) is 0.781. The van der Waals surface area contributed by atoms with Crippen LogP contribution in [0, 0.1) is 0 Å². The van der Waals surface area contributed by atoms with Gasteiger partial charge in [0, 0.05) is 17.8 Å². The largest absolute Gasteiger partial charge is 0.411 e. The number of rotatable bonds is 8. The number of guanidine groups is 1. The predicted molar refractivity (Wildman–Crippen MR) is 105 cm³/mol. The SMILES string of the molecule is CCNC(=NCc1cccc(COCC(F)(F)F)c1)NC1CCC(SC)C1. The molecule has 2 unspecified atom stereocenters. The van der Waals surface area contributed by atoms with Gasteiger partial charge < -0.3 is 15.4 Å². The summed E-state index contributed by atoms with van der Waals surface area (Å²) < 4.78 is 41.3. The van der Waals surface area contributed by atoms with Crippen LogP contribution < -0.4 is 10.6 Å². The fraction of sp³-hybridized carbons (Fsp3) is 0.632. The highest BCUT2D eigenvalue weighted by Crippen LogP contribution is 2.28. The third kappa shape index (κ3) is 8.43. The molecule has 2 rings (SSSR count). The number of hydrogen-bond acceptors (Lipinski definition) is 3. The van der Waals surface area contributed by atoms with E-state index >= 15 is 0 Å². The van der Waals surface area contributed by atoms with E-state index in [-0.39, 0.29) is 6.61 Å². The lowest BCUT2D eigenvalue weighted by Gasteiger charge is -2.17. The summed E-state index contributed by atoms with van der Waals surface area (Å²) in [6, 6.07) is 7.76. The molecule has 0 amide bonds. The van der Waals surface area contributed by atoms with Crippen molar-refractivity contribution in [2.75, 3.05) is 19.4 Å². The van der Waals surface area contributed by atoms with E-state index in [4.69, 9.17) is 4.74 Å². The Hall–Kier alpha value is -1.41. The molecule has 0 heterocycles. The van der Waals surface area contributed by atoms with Crippen LogP contribution in [0.15, 0.2) is 29.3 Å². The van der Waals surface area contributed by atoms with Gasteiger partial charge in [-0.3, -0.25) is 0 Å². The molecule has 1 saturated carbocycles. The van der Waals surface area contributed by atoms with Gasteiger partial charge in [0.1, 0.15) is 6.61 Å². The molecule has 0 aromatic heterocycles. The average Bonchev–Trinajstić information content (AvgIpc) is 3.07. The maximum absolute atomic E-state index is 12.2. The molecule has 1 aliphatic carbocycles. The first kappa shape index (κ1) is 21.9. The first-order valence-electron chi connectivity index (χ1n) is 9.19. The Labute approximate surface area is 163 Å². The molecule has 4 nitrogen and oxygen atoms in total. The number of ether oxygens (including phenoxy) is 1. The van der Waals surface area contributed by atoms with Gasteiger partial charge in [0.25, 0.3) is 0 Å². The van der Waals surface area contributed by atoms with Gasteiger partial charge in [-0.1, -0.05) is 24.3 Å². The number of alkyl halides is 3. The summed E-state index contributed by atoms with van der Waals surface area (Å²) in [5.41, 5.74) is 1.65. The zero-order chi connectivity index (χ0) is 19.7. The second kappa shape index (κ2) is 10.8. The lowest BCUT2D eigenvalue weighted by atomic mass is 10.1. The number of nitrogens with one attached hydrogen (secondary N) is 2. The Bertz CT molecular complexity index is 610. The van der Waals surface area contributed by atoms with Crippen LogP contribution >= 0.6 is 11.8 Å². The third-order valence-corrected chi connectivity index (χ3v) is 5.44. The molecular weight excluding hydrogens is 375 g/mol. The lowest BCUT2D eigenvalue weighted by Crippen LogP contribution is -2.42. The standard InChI is InChI=1S/C19H28F3N3OS/c1-3-23-18(25-16-7-8-17(10-16)27-2)24-11-14-5-4-6-15(9-14)12-26-13-19(20,21)22/h4-6,9,16-17H,3,7-8,10-13H2,1-2H3,(H2,23,24,25). The third-order valence-electron chi connectivity index (χ3n) is 4.35. The highest BCUT2D eigenvalue weighted by atomic mass is 32.2. The van der Waals surface area contributed by atoms with Gasteiger partial charge in [0.2, 0.25) is 0 Å². The van der Waals surface area contributed by atoms with Gasteiger partial charge in [-0.25, -0.2) is 4.99 Å². The highest BCUT2D eigenvalue weighted by Gasteiger charge is 2.27. The number of halogens is 3. The summed E-state index contributed by atoms with van der Waals surface area (Å²) in [7, 11) is 0. The van der Waals surface area contributed by atoms with Crippen molar-refractivity contribution in [3.8, 4) is 0 Å². The quantitative estimate of drug-likeness (QED) is 0.507. The van der Waals surface area contributed by atoms with Gasteiger partial charge >= 0.3 is 6.18 Å². The van der Waals surface area contributed by atoms with Gasteiger partial charge in [0.15, 0.2) is 5.96 Å². The second-order valence-corrected chi connectivity index (χ2v) is 7.77. The van der Waals surface area contributed by atoms with Crippen molar-refractivity contribution < 1.29 is 17.9 Å². The van der Waals surface area contributed by atoms with E-state index in [1.807, 2.05) is 36.9 Å². The molecule has 27 heavy (non-hydrogen) atoms. The first-order chi connectivity index (χ1) is 12.9. The van der Waals surface area contributed by atoms with Crippen molar-refractivity contribution in [2.45, 2.75) is 56.8 Å². The number of thioether (sulfide) groups is 1. The predicted octanol–water partition coefficient (Wildman–Crippen LogP) is 4.10. The summed E-state index contributed by atoms with van der Waals surface area (Å²) in [6.45, 7) is 1.96. The van der Waals surface area contributed by atoms with E-state index in [0.29, 0.717) is 23.4 Å². The van der Waals surface area contributed by atoms with E-state index in [9.17, 15) is 13.2 Å². The molecule has 1 aromatic carbocycles. The molecule has 1 aliphatic rings. The van der Waals surface area contributed by atoms with E-state index in [2.05, 4.69) is 21.9 Å². The fourth-order valence-corrected chi connectivity index (χ4v) is 3.87. The van der Waals surface area contributed by atoms with Crippen LogP contribution in [0.2, 0.25) is 0 Å². The van der Waals surface area contributed by atoms with Crippen LogP contribution in [-0.4, -0.2) is 42.8 Å². The summed E-state index contributed by atoms with van der Waals surface area (Å²) in [6.07, 6.45) is 1.35. The zero-order valence-corrected chi connectivity index (χ0v) is 16.6. The van der Waals surface area contributed by atoms with Crippen molar-refractivity contribution in [3.63, 3.8) is 0 Å². The molecule has 0 aliphatic heterocycles. The van der Waals surface area contributed by atoms with Crippen molar-refractivity contribution >= 4 is 17.7 Å². The molecular formula is C19H28F3N3OS. The molecule has 0 saturated heterocycles. The van der Waals surface area contributed by atoms with Gasteiger partial charge in [-0.2, -0.15) is 24.9 Å². The molecule has 1 aromatic rings. The molecule has 2 N–H and O–H groups in total. The van der Waals surface area contributed by atoms with Gasteiger partial charge in [0.05, 0.1) is 13.2 Å². The number of benzene rings is 1. The minimum atomic E-state index is -4.30. The number of hydrogen-bond donors (Lipinski definition) is 2. The van der Waals surface area contributed by atoms with Crippen molar-refractivity contribution in [3.05, 3.63) is 35.4 Å². The Morgan fingerprint density at radius 1 is 1.30 bits per heavy atom. The molecule has 0 bridgehead atoms. The van der Waals surface area contributed by atoms with E-state index in [0.717, 1.165) is 30.9 Å². The summed E-state index contributed by atoms with van der Waals surface area (Å²) >= 11 is 1.91. The number of aliphatic imine (C=N–C) groups is 1. The molecule has 0 spiro atoms. The van der Waals surface area contributed by atoms with Crippen molar-refractivity contribution in [1.29, 1.82) is 0 Å². The minimum absolute atomic E-state index is 0.0620. The van der Waals surface area contributed by atoms with Crippen LogP contribution in [-0.2, 0) is 17.9 Å². The lowest BCUT2D eigenvalue weighted by molar-refractivity contribution is -0.176. The van der Waals surface area contributed by atoms with Crippen LogP contribution in [0.1, 0.15) is 37.3 Å². The Kier molecular flexibility index (Phi) is 8.76. The zero-order valence-electron chi connectivity index (χ0n) is 15.8. The molecule has 152 valence electrons. The fourth-order valence-electron chi connectivity index (χ4n) is 3.07. The smallest absolute Gasteiger partial charge is 0.367 e. The monoisotopic (exact) mass is 403 g/mol. The van der Waals surface area contributed by atoms with Crippen LogP contribution in [0.3, 0.4) is 0 Å². The Morgan fingerprint density at radius 3 is 2.74 bits per heavy atom. The average molecular weight is 404 g/mol. The maximum atomic E-state index is 12.2. The molecule has 2 atom stereocenters. The molecule has 1 fully saturated rings. The molecule has 8 heteroatoms. The van der Waals surface area contributed by atoms with Gasteiger partial charge in [-0.05, 0) is 43.6 Å². The Morgan fingerprint density at radius 2 is 2.07 bits per heavy atom. The minimum Gasteiger partial charge on any atom is -0.367 e. The summed E-state index contributed by atoms with van der Waals surface area (Å²) in [4.78, 5) is 4.63. The van der Waals surface area contributed by atoms with Gasteiger partial charge in [-0.15, -0.1) is 0 Å². The highest BCUT2D eigenvalue weighted by molar-refractivity contribution is 7.99.